The zero-order valence-corrected chi connectivity index (χ0v) is 12.1. The molecule has 20 heavy (non-hydrogen) atoms. The molecule has 0 radical (unpaired) electrons. The predicted molar refractivity (Wildman–Crippen MR) is 77.6 cm³/mol. The van der Waals surface area contributed by atoms with Gasteiger partial charge in [0.2, 0.25) is 5.91 Å². The summed E-state index contributed by atoms with van der Waals surface area (Å²) in [5, 5.41) is 3.06. The highest BCUT2D eigenvalue weighted by atomic mass is 16.5. The second-order valence-electron chi connectivity index (χ2n) is 6.42. The van der Waals surface area contributed by atoms with E-state index in [2.05, 4.69) is 24.4 Å². The maximum Gasteiger partial charge on any atom is 0.236 e. The zero-order chi connectivity index (χ0) is 14.3. The summed E-state index contributed by atoms with van der Waals surface area (Å²) >= 11 is 0. The molecular formula is C16H22N2O2. The number of carbonyl (C=O) groups is 1. The molecule has 4 unspecified atom stereocenters. The molecule has 1 aromatic rings. The summed E-state index contributed by atoms with van der Waals surface area (Å²) in [6, 6.07) is 7.92. The zero-order valence-electron chi connectivity index (χ0n) is 12.1. The molecule has 4 atom stereocenters. The van der Waals surface area contributed by atoms with E-state index >= 15 is 0 Å². The van der Waals surface area contributed by atoms with Gasteiger partial charge in [0.1, 0.15) is 11.4 Å². The second kappa shape index (κ2) is 4.77. The summed E-state index contributed by atoms with van der Waals surface area (Å²) in [6.07, 6.45) is 2.83. The number of benzene rings is 1. The van der Waals surface area contributed by atoms with Crippen molar-refractivity contribution < 1.29 is 9.53 Å². The highest BCUT2D eigenvalue weighted by molar-refractivity contribution is 5.81. The van der Waals surface area contributed by atoms with Crippen LogP contribution in [0, 0.1) is 0 Å². The Hall–Kier alpha value is -1.55. The highest BCUT2D eigenvalue weighted by Gasteiger charge is 2.44. The fourth-order valence-electron chi connectivity index (χ4n) is 3.57. The van der Waals surface area contributed by atoms with Crippen LogP contribution in [0.4, 0.5) is 0 Å². The summed E-state index contributed by atoms with van der Waals surface area (Å²) in [6.45, 7) is 3.85. The lowest BCUT2D eigenvalue weighted by molar-refractivity contribution is -0.123. The maximum atomic E-state index is 11.8. The van der Waals surface area contributed by atoms with Gasteiger partial charge in [0.25, 0.3) is 0 Å². The first-order chi connectivity index (χ1) is 9.47. The van der Waals surface area contributed by atoms with Gasteiger partial charge in [-0.1, -0.05) is 18.2 Å². The lowest BCUT2D eigenvalue weighted by Crippen LogP contribution is -2.53. The van der Waals surface area contributed by atoms with Gasteiger partial charge in [-0.2, -0.15) is 0 Å². The molecule has 1 saturated carbocycles. The van der Waals surface area contributed by atoms with Gasteiger partial charge in [0.05, 0.1) is 6.04 Å². The molecule has 108 valence electrons. The fraction of sp³-hybridized carbons (Fsp3) is 0.562. The van der Waals surface area contributed by atoms with Crippen molar-refractivity contribution in [3.8, 4) is 5.75 Å². The number of nitrogens with two attached hydrogens (primary N) is 1. The molecule has 4 heteroatoms. The number of fused-ring (bicyclic) bond motifs is 4. The molecule has 2 bridgehead atoms. The number of para-hydroxylation sites is 1. The van der Waals surface area contributed by atoms with Crippen LogP contribution in [0.15, 0.2) is 24.3 Å². The third kappa shape index (κ3) is 2.40. The summed E-state index contributed by atoms with van der Waals surface area (Å²) in [5.74, 6) is 1.38. The quantitative estimate of drug-likeness (QED) is 0.866. The average Bonchev–Trinajstić information content (AvgIpc) is 2.37. The molecular weight excluding hydrogens is 252 g/mol. The van der Waals surface area contributed by atoms with Crippen molar-refractivity contribution >= 4 is 5.91 Å². The minimum atomic E-state index is -0.460. The lowest BCUT2D eigenvalue weighted by atomic mass is 9.71. The number of amides is 1. The van der Waals surface area contributed by atoms with Crippen molar-refractivity contribution in [1.82, 2.24) is 5.32 Å². The molecule has 1 amide bonds. The van der Waals surface area contributed by atoms with Crippen molar-refractivity contribution in [2.45, 2.75) is 56.7 Å². The van der Waals surface area contributed by atoms with Crippen molar-refractivity contribution in [2.24, 2.45) is 5.73 Å². The van der Waals surface area contributed by atoms with Crippen LogP contribution in [-0.4, -0.2) is 23.6 Å². The van der Waals surface area contributed by atoms with Gasteiger partial charge < -0.3 is 15.8 Å². The van der Waals surface area contributed by atoms with Crippen LogP contribution in [0.2, 0.25) is 0 Å². The van der Waals surface area contributed by atoms with Crippen LogP contribution in [0.3, 0.4) is 0 Å². The van der Waals surface area contributed by atoms with Crippen LogP contribution in [0.5, 0.6) is 5.75 Å². The van der Waals surface area contributed by atoms with Gasteiger partial charge in [0.15, 0.2) is 0 Å². The number of rotatable bonds is 2. The number of carbonyl (C=O) groups excluding carboxylic acids is 1. The van der Waals surface area contributed by atoms with Crippen molar-refractivity contribution in [1.29, 1.82) is 0 Å². The molecule has 3 N–H and O–H groups in total. The standard InChI is InChI=1S/C16H22N2O2/c1-10(17)15(19)18-12-7-11-8-16(2,9-12)20-14-6-4-3-5-13(11)14/h3-6,10-12H,7-9,17H2,1-2H3,(H,18,19). The predicted octanol–water partition coefficient (Wildman–Crippen LogP) is 1.94. The molecule has 1 aliphatic carbocycles. The second-order valence-corrected chi connectivity index (χ2v) is 6.42. The van der Waals surface area contributed by atoms with Crippen molar-refractivity contribution in [2.75, 3.05) is 0 Å². The Morgan fingerprint density at radius 1 is 1.45 bits per heavy atom. The summed E-state index contributed by atoms with van der Waals surface area (Å²) in [5.41, 5.74) is 6.72. The topological polar surface area (TPSA) is 64.4 Å². The third-order valence-corrected chi connectivity index (χ3v) is 4.40. The summed E-state index contributed by atoms with van der Waals surface area (Å²) in [7, 11) is 0. The Balaban J connectivity index is 1.82. The van der Waals surface area contributed by atoms with Crippen LogP contribution in [-0.2, 0) is 4.79 Å². The van der Waals surface area contributed by atoms with E-state index in [1.807, 2.05) is 12.1 Å². The molecule has 1 heterocycles. The molecule has 1 aliphatic heterocycles. The van der Waals surface area contributed by atoms with Gasteiger partial charge in [-0.25, -0.2) is 0 Å². The van der Waals surface area contributed by atoms with Crippen LogP contribution >= 0.6 is 0 Å². The minimum absolute atomic E-state index is 0.0770. The smallest absolute Gasteiger partial charge is 0.236 e. The Labute approximate surface area is 119 Å². The first kappa shape index (κ1) is 13.4. The Bertz CT molecular complexity index is 529. The lowest BCUT2D eigenvalue weighted by Gasteiger charge is -2.47. The van der Waals surface area contributed by atoms with Gasteiger partial charge in [-0.05, 0) is 44.2 Å². The van der Waals surface area contributed by atoms with Gasteiger partial charge in [-0.15, -0.1) is 0 Å². The average molecular weight is 274 g/mol. The molecule has 2 aliphatic rings. The number of ether oxygens (including phenoxy) is 1. The van der Waals surface area contributed by atoms with E-state index in [0.717, 1.165) is 25.0 Å². The van der Waals surface area contributed by atoms with E-state index in [4.69, 9.17) is 10.5 Å². The first-order valence-corrected chi connectivity index (χ1v) is 7.31. The highest BCUT2D eigenvalue weighted by Crippen LogP contribution is 2.48. The van der Waals surface area contributed by atoms with E-state index in [0.29, 0.717) is 5.92 Å². The monoisotopic (exact) mass is 274 g/mol. The first-order valence-electron chi connectivity index (χ1n) is 7.31. The van der Waals surface area contributed by atoms with Gasteiger partial charge >= 0.3 is 0 Å². The summed E-state index contributed by atoms with van der Waals surface area (Å²) in [4.78, 5) is 11.8. The molecule has 0 saturated heterocycles. The molecule has 1 fully saturated rings. The van der Waals surface area contributed by atoms with E-state index in [1.54, 1.807) is 6.92 Å². The van der Waals surface area contributed by atoms with E-state index < -0.39 is 6.04 Å². The van der Waals surface area contributed by atoms with E-state index in [-0.39, 0.29) is 17.6 Å². The largest absolute Gasteiger partial charge is 0.487 e. The number of hydrogen-bond acceptors (Lipinski definition) is 3. The Morgan fingerprint density at radius 3 is 2.95 bits per heavy atom. The molecule has 4 nitrogen and oxygen atoms in total. The maximum absolute atomic E-state index is 11.8. The molecule has 0 spiro atoms. The number of hydrogen-bond donors (Lipinski definition) is 2. The Kier molecular flexibility index (Phi) is 3.21. The van der Waals surface area contributed by atoms with E-state index in [9.17, 15) is 4.79 Å². The van der Waals surface area contributed by atoms with E-state index in [1.165, 1.54) is 5.56 Å². The van der Waals surface area contributed by atoms with Gasteiger partial charge in [0, 0.05) is 12.5 Å². The number of nitrogens with one attached hydrogen (secondary N) is 1. The SMILES string of the molecule is CC(N)C(=O)NC1CC2CC(C)(C1)Oc1ccccc12. The van der Waals surface area contributed by atoms with Crippen molar-refractivity contribution in [3.63, 3.8) is 0 Å². The summed E-state index contributed by atoms with van der Waals surface area (Å²) < 4.78 is 6.18. The molecule has 3 rings (SSSR count). The normalized spacial score (nSPS) is 32.8. The van der Waals surface area contributed by atoms with Crippen molar-refractivity contribution in [3.05, 3.63) is 29.8 Å². The van der Waals surface area contributed by atoms with Crippen LogP contribution < -0.4 is 15.8 Å². The minimum Gasteiger partial charge on any atom is -0.487 e. The third-order valence-electron chi connectivity index (χ3n) is 4.40. The van der Waals surface area contributed by atoms with Crippen LogP contribution in [0.25, 0.3) is 0 Å². The molecule has 1 aromatic carbocycles. The van der Waals surface area contributed by atoms with Gasteiger partial charge in [-0.3, -0.25) is 4.79 Å². The van der Waals surface area contributed by atoms with Crippen LogP contribution in [0.1, 0.15) is 44.6 Å². The molecule has 0 aromatic heterocycles. The Morgan fingerprint density at radius 2 is 2.20 bits per heavy atom. The fourth-order valence-corrected chi connectivity index (χ4v) is 3.57.